The maximum atomic E-state index is 12.9. The summed E-state index contributed by atoms with van der Waals surface area (Å²) in [5.41, 5.74) is 6.67. The Labute approximate surface area is 207 Å². The predicted molar refractivity (Wildman–Crippen MR) is 132 cm³/mol. The fourth-order valence-electron chi connectivity index (χ4n) is 5.64. The number of aromatic nitrogens is 3. The zero-order chi connectivity index (χ0) is 24.6. The second-order valence-corrected chi connectivity index (χ2v) is 10.9. The van der Waals surface area contributed by atoms with Crippen LogP contribution < -0.4 is 21.9 Å². The number of hydrogen-bond acceptors (Lipinski definition) is 6. The Hall–Kier alpha value is -2.75. The summed E-state index contributed by atoms with van der Waals surface area (Å²) in [6.45, 7) is 6.70. The third-order valence-corrected chi connectivity index (χ3v) is 8.59. The summed E-state index contributed by atoms with van der Waals surface area (Å²) in [5, 5.41) is 10.5. The molecule has 0 radical (unpaired) electrons. The van der Waals surface area contributed by atoms with Crippen molar-refractivity contribution in [2.45, 2.75) is 58.7 Å². The molecule has 2 aromatic rings. The van der Waals surface area contributed by atoms with Gasteiger partial charge >= 0.3 is 0 Å². The number of nitrogens with two attached hydrogens (primary N) is 1. The monoisotopic (exact) mass is 530 g/mol. The minimum absolute atomic E-state index is 0.0665. The number of primary amides is 1. The Kier molecular flexibility index (Phi) is 6.80. The number of anilines is 1. The van der Waals surface area contributed by atoms with E-state index in [0.29, 0.717) is 38.9 Å². The lowest BCUT2D eigenvalue weighted by molar-refractivity contribution is -0.123. The van der Waals surface area contributed by atoms with E-state index >= 15 is 0 Å². The molecule has 182 valence electrons. The molecule has 3 aliphatic carbocycles. The van der Waals surface area contributed by atoms with Crippen LogP contribution in [0.1, 0.15) is 51.6 Å². The van der Waals surface area contributed by atoms with Crippen molar-refractivity contribution in [3.8, 4) is 0 Å². The van der Waals surface area contributed by atoms with E-state index in [1.165, 1.54) is 6.42 Å². The minimum atomic E-state index is -0.614. The van der Waals surface area contributed by atoms with E-state index < -0.39 is 23.4 Å². The van der Waals surface area contributed by atoms with E-state index in [-0.39, 0.29) is 19.0 Å². The third kappa shape index (κ3) is 4.73. The van der Waals surface area contributed by atoms with Gasteiger partial charge in [-0.3, -0.25) is 19.4 Å². The summed E-state index contributed by atoms with van der Waals surface area (Å²) in [6.07, 6.45) is 7.01. The van der Waals surface area contributed by atoms with Crippen LogP contribution in [0.4, 0.5) is 5.69 Å². The highest BCUT2D eigenvalue weighted by Gasteiger charge is 2.56. The Morgan fingerprint density at radius 2 is 2.00 bits per heavy atom. The molecule has 2 bridgehead atoms. The van der Waals surface area contributed by atoms with Gasteiger partial charge in [0.1, 0.15) is 11.0 Å². The molecular formula is C24H31BrN6O3. The molecule has 0 aliphatic heterocycles. The first-order chi connectivity index (χ1) is 16.1. The van der Waals surface area contributed by atoms with Gasteiger partial charge in [-0.25, -0.2) is 4.68 Å². The maximum absolute atomic E-state index is 12.9. The van der Waals surface area contributed by atoms with E-state index in [1.54, 1.807) is 30.7 Å². The van der Waals surface area contributed by atoms with Crippen molar-refractivity contribution in [2.75, 3.05) is 5.32 Å². The van der Waals surface area contributed by atoms with Gasteiger partial charge in [-0.1, -0.05) is 20.8 Å². The molecule has 3 saturated carbocycles. The average Bonchev–Trinajstić information content (AvgIpc) is 2.79. The van der Waals surface area contributed by atoms with Crippen LogP contribution >= 0.6 is 15.9 Å². The molecule has 10 heteroatoms. The van der Waals surface area contributed by atoms with Crippen LogP contribution in [0.2, 0.25) is 0 Å². The molecule has 0 spiro atoms. The van der Waals surface area contributed by atoms with Crippen LogP contribution in [0.3, 0.4) is 0 Å². The van der Waals surface area contributed by atoms with E-state index in [9.17, 15) is 14.4 Å². The quantitative estimate of drug-likeness (QED) is 0.480. The van der Waals surface area contributed by atoms with Crippen LogP contribution in [0.15, 0.2) is 40.0 Å². The molecule has 1 unspecified atom stereocenters. The van der Waals surface area contributed by atoms with E-state index in [2.05, 4.69) is 57.4 Å². The molecule has 5 atom stereocenters. The largest absolute Gasteiger partial charge is 0.380 e. The highest BCUT2D eigenvalue weighted by atomic mass is 79.9. The third-order valence-electron chi connectivity index (χ3n) is 7.82. The number of halogens is 1. The zero-order valence-electron chi connectivity index (χ0n) is 19.6. The first-order valence-corrected chi connectivity index (χ1v) is 12.4. The lowest BCUT2D eigenvalue weighted by Crippen LogP contribution is -2.58. The molecule has 3 fully saturated rings. The number of nitrogens with one attached hydrogen (secondary N) is 2. The molecule has 9 nitrogen and oxygen atoms in total. The fraction of sp³-hybridized carbons (Fsp3) is 0.542. The van der Waals surface area contributed by atoms with Crippen LogP contribution in [0.5, 0.6) is 0 Å². The Morgan fingerprint density at radius 3 is 2.62 bits per heavy atom. The normalized spacial score (nSPS) is 25.6. The van der Waals surface area contributed by atoms with Crippen LogP contribution in [-0.2, 0) is 16.1 Å². The van der Waals surface area contributed by atoms with Gasteiger partial charge in [0.15, 0.2) is 0 Å². The van der Waals surface area contributed by atoms with E-state index in [1.807, 2.05) is 0 Å². The molecule has 2 heterocycles. The van der Waals surface area contributed by atoms with Gasteiger partial charge in [0, 0.05) is 18.4 Å². The van der Waals surface area contributed by atoms with Gasteiger partial charge in [0.25, 0.3) is 5.56 Å². The van der Waals surface area contributed by atoms with Gasteiger partial charge in [-0.15, -0.1) is 0 Å². The summed E-state index contributed by atoms with van der Waals surface area (Å²) in [5.74, 6) is 0.863. The number of fused-ring (bicyclic) bond motifs is 2. The number of hydrogen-bond donors (Lipinski definition) is 3. The SMILES string of the molecule is C[C@H]1[C@H](Nc2cnn(CC(=O)NC(CC(N)=O)c3ccncc3)c(=O)c2Br)C[C@H]2C[C@@H]1C2(C)C. The average molecular weight is 531 g/mol. The molecule has 0 saturated heterocycles. The van der Waals surface area contributed by atoms with Crippen molar-refractivity contribution in [2.24, 2.45) is 28.9 Å². The summed E-state index contributed by atoms with van der Waals surface area (Å²) in [7, 11) is 0. The lowest BCUT2D eigenvalue weighted by Gasteiger charge is -2.62. The molecule has 2 aromatic heterocycles. The van der Waals surface area contributed by atoms with Gasteiger partial charge < -0.3 is 16.4 Å². The number of amides is 2. The van der Waals surface area contributed by atoms with Crippen molar-refractivity contribution in [3.63, 3.8) is 0 Å². The summed E-state index contributed by atoms with van der Waals surface area (Å²) in [6, 6.07) is 3.07. The van der Waals surface area contributed by atoms with Crippen LogP contribution in [0, 0.1) is 23.2 Å². The van der Waals surface area contributed by atoms with Crippen molar-refractivity contribution in [1.29, 1.82) is 0 Å². The first kappa shape index (κ1) is 24.4. The maximum Gasteiger partial charge on any atom is 0.283 e. The standard InChI is InChI=1S/C24H31BrN6O3/c1-13-16-8-15(24(16,2)3)9-17(13)29-19-11-28-31(23(34)22(19)25)12-21(33)30-18(10-20(26)32)14-4-6-27-7-5-14/h4-7,11,13,15-18,29H,8-10,12H2,1-3H3,(H2,26,32)(H,30,33)/t13-,15-,16+,17-,18?/m1/s1. The number of carbonyl (C=O) groups excluding carboxylic acids is 2. The number of nitrogens with zero attached hydrogens (tertiary/aromatic N) is 3. The van der Waals surface area contributed by atoms with Gasteiger partial charge in [-0.05, 0) is 69.6 Å². The van der Waals surface area contributed by atoms with Crippen LogP contribution in [0.25, 0.3) is 0 Å². The Morgan fingerprint density at radius 1 is 1.29 bits per heavy atom. The highest BCUT2D eigenvalue weighted by molar-refractivity contribution is 9.10. The molecule has 0 aromatic carbocycles. The molecule has 34 heavy (non-hydrogen) atoms. The molecule has 3 aliphatic rings. The smallest absolute Gasteiger partial charge is 0.283 e. The van der Waals surface area contributed by atoms with Crippen molar-refractivity contribution in [3.05, 3.63) is 51.1 Å². The Bertz CT molecular complexity index is 1140. The fourth-order valence-corrected chi connectivity index (χ4v) is 6.07. The second-order valence-electron chi connectivity index (χ2n) is 10.1. The molecule has 5 rings (SSSR count). The predicted octanol–water partition coefficient (Wildman–Crippen LogP) is 2.62. The number of carbonyl (C=O) groups is 2. The molecule has 4 N–H and O–H groups in total. The summed E-state index contributed by atoms with van der Waals surface area (Å²) < 4.78 is 1.45. The molecule has 2 amide bonds. The minimum Gasteiger partial charge on any atom is -0.380 e. The molecular weight excluding hydrogens is 500 g/mol. The van der Waals surface area contributed by atoms with E-state index in [4.69, 9.17) is 5.73 Å². The highest BCUT2D eigenvalue weighted by Crippen LogP contribution is 2.61. The van der Waals surface area contributed by atoms with Crippen LogP contribution in [-0.4, -0.2) is 32.6 Å². The van der Waals surface area contributed by atoms with E-state index in [0.717, 1.165) is 11.1 Å². The van der Waals surface area contributed by atoms with Crippen molar-refractivity contribution < 1.29 is 9.59 Å². The van der Waals surface area contributed by atoms with Gasteiger partial charge in [0.05, 0.1) is 24.3 Å². The van der Waals surface area contributed by atoms with Crippen molar-refractivity contribution in [1.82, 2.24) is 20.1 Å². The number of pyridine rings is 1. The first-order valence-electron chi connectivity index (χ1n) is 11.6. The Balaban J connectivity index is 1.43. The lowest BCUT2D eigenvalue weighted by atomic mass is 9.45. The number of rotatable bonds is 8. The summed E-state index contributed by atoms with van der Waals surface area (Å²) >= 11 is 3.40. The summed E-state index contributed by atoms with van der Waals surface area (Å²) in [4.78, 5) is 41.0. The zero-order valence-corrected chi connectivity index (χ0v) is 21.2. The van der Waals surface area contributed by atoms with Crippen molar-refractivity contribution >= 4 is 33.4 Å². The van der Waals surface area contributed by atoms with Gasteiger partial charge in [0.2, 0.25) is 11.8 Å². The van der Waals surface area contributed by atoms with Gasteiger partial charge in [-0.2, -0.15) is 5.10 Å². The second kappa shape index (κ2) is 9.48. The topological polar surface area (TPSA) is 132 Å².